The smallest absolute Gasteiger partial charge is 0.337 e. The topological polar surface area (TPSA) is 85.3 Å². The number of rotatable bonds is 4. The van der Waals surface area contributed by atoms with E-state index >= 15 is 0 Å². The van der Waals surface area contributed by atoms with Gasteiger partial charge in [-0.15, -0.1) is 0 Å². The number of anilines is 1. The predicted octanol–water partition coefficient (Wildman–Crippen LogP) is 3.59. The molecule has 2 aliphatic rings. The SMILES string of the molecule is COC(=O)c1cccc(CN2C(=O)C(c3cc4c(cc3O)OCO4)c3ccccc32)c1. The van der Waals surface area contributed by atoms with Crippen LogP contribution in [0.3, 0.4) is 0 Å². The molecule has 0 aliphatic carbocycles. The zero-order chi connectivity index (χ0) is 21.5. The first-order valence-corrected chi connectivity index (χ1v) is 9.77. The number of benzene rings is 3. The quantitative estimate of drug-likeness (QED) is 0.653. The fourth-order valence-corrected chi connectivity index (χ4v) is 4.12. The summed E-state index contributed by atoms with van der Waals surface area (Å²) in [5.41, 5.74) is 3.24. The third-order valence-corrected chi connectivity index (χ3v) is 5.57. The molecule has 1 atom stereocenters. The Kier molecular flexibility index (Phi) is 4.51. The van der Waals surface area contributed by atoms with Gasteiger partial charge in [-0.25, -0.2) is 4.79 Å². The van der Waals surface area contributed by atoms with Crippen LogP contribution < -0.4 is 14.4 Å². The van der Waals surface area contributed by atoms with Crippen LogP contribution in [0.4, 0.5) is 5.69 Å². The minimum atomic E-state index is -0.672. The Hall–Kier alpha value is -4.00. The van der Waals surface area contributed by atoms with Gasteiger partial charge in [-0.3, -0.25) is 4.79 Å². The summed E-state index contributed by atoms with van der Waals surface area (Å²) < 4.78 is 15.6. The average molecular weight is 417 g/mol. The van der Waals surface area contributed by atoms with E-state index in [0.717, 1.165) is 16.8 Å². The first kappa shape index (κ1) is 19.0. The normalized spacial score (nSPS) is 16.4. The Morgan fingerprint density at radius 3 is 2.65 bits per heavy atom. The van der Waals surface area contributed by atoms with Crippen molar-refractivity contribution in [3.63, 3.8) is 0 Å². The second-order valence-corrected chi connectivity index (χ2v) is 7.37. The van der Waals surface area contributed by atoms with Crippen molar-refractivity contribution in [2.24, 2.45) is 0 Å². The number of methoxy groups -OCH3 is 1. The van der Waals surface area contributed by atoms with E-state index in [-0.39, 0.29) is 25.0 Å². The first-order valence-electron chi connectivity index (χ1n) is 9.77. The maximum atomic E-state index is 13.5. The monoisotopic (exact) mass is 417 g/mol. The Morgan fingerprint density at radius 2 is 1.84 bits per heavy atom. The number of nitrogens with zero attached hydrogens (tertiary/aromatic N) is 1. The summed E-state index contributed by atoms with van der Waals surface area (Å²) in [4.78, 5) is 27.1. The molecule has 0 spiro atoms. The van der Waals surface area contributed by atoms with Crippen LogP contribution in [0.5, 0.6) is 17.2 Å². The maximum Gasteiger partial charge on any atom is 0.337 e. The second kappa shape index (κ2) is 7.36. The van der Waals surface area contributed by atoms with Crippen molar-refractivity contribution in [2.75, 3.05) is 18.8 Å². The molecule has 1 amide bonds. The van der Waals surface area contributed by atoms with E-state index in [1.54, 1.807) is 29.2 Å². The predicted molar refractivity (Wildman–Crippen MR) is 111 cm³/mol. The summed E-state index contributed by atoms with van der Waals surface area (Å²) in [5, 5.41) is 10.6. The molecule has 5 rings (SSSR count). The maximum absolute atomic E-state index is 13.5. The minimum Gasteiger partial charge on any atom is -0.507 e. The van der Waals surface area contributed by atoms with Crippen LogP contribution in [0.1, 0.15) is 33.0 Å². The van der Waals surface area contributed by atoms with Gasteiger partial charge < -0.3 is 24.2 Å². The lowest BCUT2D eigenvalue weighted by molar-refractivity contribution is -0.118. The van der Waals surface area contributed by atoms with Gasteiger partial charge in [0.15, 0.2) is 11.5 Å². The van der Waals surface area contributed by atoms with Crippen molar-refractivity contribution < 1.29 is 28.9 Å². The molecule has 2 heterocycles. The zero-order valence-corrected chi connectivity index (χ0v) is 16.7. The van der Waals surface area contributed by atoms with Gasteiger partial charge in [0, 0.05) is 17.3 Å². The van der Waals surface area contributed by atoms with Gasteiger partial charge in [0.1, 0.15) is 5.75 Å². The number of fused-ring (bicyclic) bond motifs is 2. The number of para-hydroxylation sites is 1. The number of esters is 1. The number of ether oxygens (including phenoxy) is 3. The number of phenols is 1. The molecule has 1 N–H and O–H groups in total. The fraction of sp³-hybridized carbons (Fsp3) is 0.167. The van der Waals surface area contributed by atoms with E-state index in [1.165, 1.54) is 13.2 Å². The van der Waals surface area contributed by atoms with E-state index in [2.05, 4.69) is 0 Å². The van der Waals surface area contributed by atoms with Crippen LogP contribution in [0.2, 0.25) is 0 Å². The molecular weight excluding hydrogens is 398 g/mol. The first-order chi connectivity index (χ1) is 15.1. The van der Waals surface area contributed by atoms with Gasteiger partial charge in [-0.05, 0) is 35.4 Å². The number of carbonyl (C=O) groups is 2. The number of amides is 1. The van der Waals surface area contributed by atoms with Crippen molar-refractivity contribution in [1.82, 2.24) is 0 Å². The Morgan fingerprint density at radius 1 is 1.06 bits per heavy atom. The average Bonchev–Trinajstić information content (AvgIpc) is 3.35. The van der Waals surface area contributed by atoms with Gasteiger partial charge >= 0.3 is 5.97 Å². The highest BCUT2D eigenvalue weighted by atomic mass is 16.7. The van der Waals surface area contributed by atoms with E-state index in [9.17, 15) is 14.7 Å². The van der Waals surface area contributed by atoms with Gasteiger partial charge in [-0.2, -0.15) is 0 Å². The summed E-state index contributed by atoms with van der Waals surface area (Å²) in [6, 6.07) is 17.6. The number of aromatic hydroxyl groups is 1. The highest BCUT2D eigenvalue weighted by molar-refractivity contribution is 6.07. The summed E-state index contributed by atoms with van der Waals surface area (Å²) in [7, 11) is 1.33. The molecule has 156 valence electrons. The highest BCUT2D eigenvalue weighted by Gasteiger charge is 2.40. The molecule has 0 saturated carbocycles. The van der Waals surface area contributed by atoms with Crippen molar-refractivity contribution in [2.45, 2.75) is 12.5 Å². The van der Waals surface area contributed by atoms with Crippen LogP contribution in [-0.2, 0) is 16.1 Å². The van der Waals surface area contributed by atoms with Crippen molar-refractivity contribution in [3.8, 4) is 17.2 Å². The molecule has 0 fully saturated rings. The molecule has 0 saturated heterocycles. The molecule has 1 unspecified atom stereocenters. The lowest BCUT2D eigenvalue weighted by Crippen LogP contribution is -2.28. The highest BCUT2D eigenvalue weighted by Crippen LogP contribution is 2.47. The van der Waals surface area contributed by atoms with Gasteiger partial charge in [0.05, 0.1) is 25.1 Å². The van der Waals surface area contributed by atoms with E-state index < -0.39 is 11.9 Å². The standard InChI is InChI=1S/C24H19NO6/c1-29-24(28)15-6-4-5-14(9-15)12-25-18-8-3-2-7-16(18)22(23(25)27)17-10-20-21(11-19(17)26)31-13-30-20/h2-11,22,26H,12-13H2,1H3. The molecule has 0 aromatic heterocycles. The van der Waals surface area contributed by atoms with Crippen molar-refractivity contribution >= 4 is 17.6 Å². The summed E-state index contributed by atoms with van der Waals surface area (Å²) in [6.07, 6.45) is 0. The molecule has 3 aromatic carbocycles. The third-order valence-electron chi connectivity index (χ3n) is 5.57. The van der Waals surface area contributed by atoms with E-state index in [0.29, 0.717) is 22.6 Å². The lowest BCUT2D eigenvalue weighted by atomic mass is 9.91. The van der Waals surface area contributed by atoms with Crippen molar-refractivity contribution in [3.05, 3.63) is 82.9 Å². The molecule has 7 heteroatoms. The van der Waals surface area contributed by atoms with Gasteiger partial charge in [0.2, 0.25) is 12.7 Å². The third kappa shape index (κ3) is 3.15. The molecule has 2 aliphatic heterocycles. The van der Waals surface area contributed by atoms with Crippen LogP contribution in [0.15, 0.2) is 60.7 Å². The number of hydrogen-bond donors (Lipinski definition) is 1. The molecule has 31 heavy (non-hydrogen) atoms. The van der Waals surface area contributed by atoms with Crippen LogP contribution in [-0.4, -0.2) is 30.9 Å². The van der Waals surface area contributed by atoms with E-state index in [1.807, 2.05) is 30.3 Å². The second-order valence-electron chi connectivity index (χ2n) is 7.37. The molecule has 0 radical (unpaired) electrons. The Labute approximate surface area is 178 Å². The number of hydrogen-bond acceptors (Lipinski definition) is 6. The fourth-order valence-electron chi connectivity index (χ4n) is 4.12. The Bertz CT molecular complexity index is 1200. The molecule has 7 nitrogen and oxygen atoms in total. The Balaban J connectivity index is 1.53. The largest absolute Gasteiger partial charge is 0.507 e. The number of phenolic OH excluding ortho intramolecular Hbond substituents is 1. The zero-order valence-electron chi connectivity index (χ0n) is 16.7. The van der Waals surface area contributed by atoms with Crippen molar-refractivity contribution in [1.29, 1.82) is 0 Å². The van der Waals surface area contributed by atoms with Crippen LogP contribution in [0.25, 0.3) is 0 Å². The summed E-state index contributed by atoms with van der Waals surface area (Å²) in [6.45, 7) is 0.360. The molecule has 3 aromatic rings. The van der Waals surface area contributed by atoms with E-state index in [4.69, 9.17) is 14.2 Å². The van der Waals surface area contributed by atoms with Crippen LogP contribution in [0, 0.1) is 0 Å². The van der Waals surface area contributed by atoms with Crippen LogP contribution >= 0.6 is 0 Å². The summed E-state index contributed by atoms with van der Waals surface area (Å²) in [5.74, 6) is -0.336. The van der Waals surface area contributed by atoms with Gasteiger partial charge in [-0.1, -0.05) is 30.3 Å². The lowest BCUT2D eigenvalue weighted by Gasteiger charge is -2.19. The number of carbonyl (C=O) groups excluding carboxylic acids is 2. The van der Waals surface area contributed by atoms with Gasteiger partial charge in [0.25, 0.3) is 0 Å². The molecular formula is C24H19NO6. The summed E-state index contributed by atoms with van der Waals surface area (Å²) >= 11 is 0. The minimum absolute atomic E-state index is 0.0214. The molecule has 0 bridgehead atoms.